The summed E-state index contributed by atoms with van der Waals surface area (Å²) in [6, 6.07) is 6.19. The second-order valence-corrected chi connectivity index (χ2v) is 5.48. The summed E-state index contributed by atoms with van der Waals surface area (Å²) in [6.45, 7) is 6.16. The van der Waals surface area contributed by atoms with Gasteiger partial charge in [0.15, 0.2) is 0 Å². The lowest BCUT2D eigenvalue weighted by molar-refractivity contribution is -0.114. The summed E-state index contributed by atoms with van der Waals surface area (Å²) in [6.07, 6.45) is 0.956. The third-order valence-electron chi connectivity index (χ3n) is 2.99. The van der Waals surface area contributed by atoms with Crippen LogP contribution in [0, 0.1) is 0 Å². The molecule has 5 heteroatoms. The van der Waals surface area contributed by atoms with Gasteiger partial charge in [-0.1, -0.05) is 12.1 Å². The lowest BCUT2D eigenvalue weighted by Crippen LogP contribution is -2.11. The van der Waals surface area contributed by atoms with Crippen molar-refractivity contribution in [2.24, 2.45) is 10.7 Å². The van der Waals surface area contributed by atoms with Gasteiger partial charge in [0, 0.05) is 17.1 Å². The number of benzene rings is 1. The van der Waals surface area contributed by atoms with Crippen molar-refractivity contribution in [1.82, 2.24) is 0 Å². The fourth-order valence-electron chi connectivity index (χ4n) is 1.88. The van der Waals surface area contributed by atoms with E-state index in [1.165, 1.54) is 22.9 Å². The highest BCUT2D eigenvalue weighted by Gasteiger charge is 2.14. The van der Waals surface area contributed by atoms with Gasteiger partial charge >= 0.3 is 0 Å². The normalized spacial score (nSPS) is 15.5. The number of thioether (sulfide) groups is 1. The Balaban J connectivity index is 2.10. The molecule has 0 radical (unpaired) electrons. The SMILES string of the molecule is C=N/C(=C\SC(C)c1ccc2c(c1)CCO2)C(N)=O. The Morgan fingerprint density at radius 3 is 3.11 bits per heavy atom. The van der Waals surface area contributed by atoms with Gasteiger partial charge in [0.2, 0.25) is 0 Å². The molecule has 1 aliphatic rings. The number of hydrogen-bond acceptors (Lipinski definition) is 4. The largest absolute Gasteiger partial charge is 0.493 e. The van der Waals surface area contributed by atoms with Crippen molar-refractivity contribution in [3.05, 3.63) is 40.4 Å². The Kier molecular flexibility index (Phi) is 4.27. The average molecular weight is 276 g/mol. The fourth-order valence-corrected chi connectivity index (χ4v) is 2.71. The second-order valence-electron chi connectivity index (χ2n) is 4.27. The van der Waals surface area contributed by atoms with Crippen molar-refractivity contribution in [3.63, 3.8) is 0 Å². The van der Waals surface area contributed by atoms with Gasteiger partial charge in [0.1, 0.15) is 11.4 Å². The quantitative estimate of drug-likeness (QED) is 0.663. The standard InChI is InChI=1S/C14H16N2O2S/c1-9(19-8-12(16-2)14(15)17)10-3-4-13-11(7-10)5-6-18-13/h3-4,7-9H,2,5-6H2,1H3,(H2,15,17)/b12-8-. The number of carbonyl (C=O) groups excluding carboxylic acids is 1. The van der Waals surface area contributed by atoms with Crippen LogP contribution in [0.2, 0.25) is 0 Å². The summed E-state index contributed by atoms with van der Waals surface area (Å²) in [7, 11) is 0. The lowest BCUT2D eigenvalue weighted by atomic mass is 10.1. The molecular weight excluding hydrogens is 260 g/mol. The number of aliphatic imine (C=N–C) groups is 1. The van der Waals surface area contributed by atoms with Gasteiger partial charge in [-0.05, 0) is 30.8 Å². The number of fused-ring (bicyclic) bond motifs is 1. The van der Waals surface area contributed by atoms with Crippen LogP contribution in [0.3, 0.4) is 0 Å². The molecule has 0 spiro atoms. The summed E-state index contributed by atoms with van der Waals surface area (Å²) in [4.78, 5) is 14.6. The van der Waals surface area contributed by atoms with E-state index in [0.29, 0.717) is 0 Å². The van der Waals surface area contributed by atoms with Gasteiger partial charge in [-0.3, -0.25) is 9.79 Å². The third kappa shape index (κ3) is 3.17. The third-order valence-corrected chi connectivity index (χ3v) is 4.03. The molecule has 0 fully saturated rings. The molecule has 0 aliphatic carbocycles. The first-order valence-electron chi connectivity index (χ1n) is 5.99. The molecule has 0 saturated heterocycles. The van der Waals surface area contributed by atoms with Crippen LogP contribution < -0.4 is 10.5 Å². The van der Waals surface area contributed by atoms with E-state index < -0.39 is 5.91 Å². The summed E-state index contributed by atoms with van der Waals surface area (Å²) < 4.78 is 5.48. The Hall–Kier alpha value is -1.75. The zero-order valence-corrected chi connectivity index (χ0v) is 11.6. The smallest absolute Gasteiger partial charge is 0.267 e. The molecule has 19 heavy (non-hydrogen) atoms. The zero-order chi connectivity index (χ0) is 13.8. The van der Waals surface area contributed by atoms with Crippen LogP contribution in [0.4, 0.5) is 0 Å². The van der Waals surface area contributed by atoms with Gasteiger partial charge in [0.25, 0.3) is 5.91 Å². The highest BCUT2D eigenvalue weighted by atomic mass is 32.2. The molecule has 2 rings (SSSR count). The number of amides is 1. The van der Waals surface area contributed by atoms with Crippen molar-refractivity contribution >= 4 is 24.4 Å². The number of carbonyl (C=O) groups is 1. The topological polar surface area (TPSA) is 64.7 Å². The predicted octanol–water partition coefficient (Wildman–Crippen LogP) is 2.44. The van der Waals surface area contributed by atoms with Crippen molar-refractivity contribution < 1.29 is 9.53 Å². The first-order chi connectivity index (χ1) is 9.11. The number of ether oxygens (including phenoxy) is 1. The van der Waals surface area contributed by atoms with Crippen molar-refractivity contribution in [3.8, 4) is 5.75 Å². The van der Waals surface area contributed by atoms with Gasteiger partial charge in [-0.25, -0.2) is 0 Å². The van der Waals surface area contributed by atoms with E-state index >= 15 is 0 Å². The maximum absolute atomic E-state index is 11.0. The molecule has 2 N–H and O–H groups in total. The number of nitrogens with two attached hydrogens (primary N) is 1. The summed E-state index contributed by atoms with van der Waals surface area (Å²) in [5.41, 5.74) is 7.81. The van der Waals surface area contributed by atoms with Crippen molar-refractivity contribution in [2.75, 3.05) is 6.61 Å². The molecule has 1 amide bonds. The van der Waals surface area contributed by atoms with E-state index in [4.69, 9.17) is 10.5 Å². The highest BCUT2D eigenvalue weighted by Crippen LogP contribution is 2.34. The molecule has 1 aromatic rings. The summed E-state index contributed by atoms with van der Waals surface area (Å²) in [5, 5.41) is 1.87. The monoisotopic (exact) mass is 276 g/mol. The van der Waals surface area contributed by atoms with Crippen LogP contribution in [0.25, 0.3) is 0 Å². The van der Waals surface area contributed by atoms with Crippen molar-refractivity contribution in [2.45, 2.75) is 18.6 Å². The Bertz CT molecular complexity index is 540. The summed E-state index contributed by atoms with van der Waals surface area (Å²) >= 11 is 1.50. The molecule has 4 nitrogen and oxygen atoms in total. The van der Waals surface area contributed by atoms with E-state index in [9.17, 15) is 4.79 Å². The van der Waals surface area contributed by atoms with E-state index in [2.05, 4.69) is 24.7 Å². The zero-order valence-electron chi connectivity index (χ0n) is 10.8. The van der Waals surface area contributed by atoms with E-state index in [0.717, 1.165) is 18.8 Å². The minimum absolute atomic E-state index is 0.196. The van der Waals surface area contributed by atoms with Crippen LogP contribution in [0.1, 0.15) is 23.3 Å². The molecule has 1 aliphatic heterocycles. The number of rotatable bonds is 5. The Morgan fingerprint density at radius 2 is 2.42 bits per heavy atom. The summed E-state index contributed by atoms with van der Waals surface area (Å²) in [5.74, 6) is 0.416. The van der Waals surface area contributed by atoms with Crippen LogP contribution in [-0.2, 0) is 11.2 Å². The van der Waals surface area contributed by atoms with Crippen LogP contribution in [0.15, 0.2) is 34.3 Å². The Labute approximate surface area is 116 Å². The van der Waals surface area contributed by atoms with Gasteiger partial charge in [-0.2, -0.15) is 0 Å². The van der Waals surface area contributed by atoms with Gasteiger partial charge in [0.05, 0.1) is 6.61 Å². The number of nitrogens with zero attached hydrogens (tertiary/aromatic N) is 1. The molecule has 1 atom stereocenters. The molecule has 1 unspecified atom stereocenters. The molecule has 0 bridgehead atoms. The van der Waals surface area contributed by atoms with Crippen molar-refractivity contribution in [1.29, 1.82) is 0 Å². The highest BCUT2D eigenvalue weighted by molar-refractivity contribution is 8.02. The fraction of sp³-hybridized carbons (Fsp3) is 0.286. The van der Waals surface area contributed by atoms with Crippen LogP contribution >= 0.6 is 11.8 Å². The maximum atomic E-state index is 11.0. The van der Waals surface area contributed by atoms with E-state index in [-0.39, 0.29) is 10.9 Å². The molecule has 0 saturated carbocycles. The number of primary amides is 1. The lowest BCUT2D eigenvalue weighted by Gasteiger charge is -2.10. The molecule has 0 aromatic heterocycles. The second kappa shape index (κ2) is 5.93. The van der Waals surface area contributed by atoms with Gasteiger partial charge < -0.3 is 10.5 Å². The molecule has 1 aromatic carbocycles. The average Bonchev–Trinajstić information content (AvgIpc) is 2.85. The minimum atomic E-state index is -0.558. The van der Waals surface area contributed by atoms with Crippen LogP contribution in [-0.4, -0.2) is 19.2 Å². The van der Waals surface area contributed by atoms with Gasteiger partial charge in [-0.15, -0.1) is 11.8 Å². The van der Waals surface area contributed by atoms with Crippen LogP contribution in [0.5, 0.6) is 5.75 Å². The molecular formula is C14H16N2O2S. The first-order valence-corrected chi connectivity index (χ1v) is 6.94. The van der Waals surface area contributed by atoms with E-state index in [1.54, 1.807) is 5.41 Å². The maximum Gasteiger partial charge on any atom is 0.267 e. The Morgan fingerprint density at radius 1 is 1.63 bits per heavy atom. The van der Waals surface area contributed by atoms with E-state index in [1.807, 2.05) is 12.1 Å². The predicted molar refractivity (Wildman–Crippen MR) is 78.5 cm³/mol. The first kappa shape index (κ1) is 13.7. The minimum Gasteiger partial charge on any atom is -0.493 e. The molecule has 1 heterocycles. The molecule has 100 valence electrons. The number of hydrogen-bond donors (Lipinski definition) is 1.